The van der Waals surface area contributed by atoms with Crippen molar-refractivity contribution in [1.29, 1.82) is 0 Å². The van der Waals surface area contributed by atoms with Gasteiger partial charge in [0.25, 0.3) is 5.91 Å². The minimum atomic E-state index is -3.67. The number of carbonyl (C=O) groups excluding carboxylic acids is 1. The highest BCUT2D eigenvalue weighted by molar-refractivity contribution is 7.13. The van der Waals surface area contributed by atoms with Crippen molar-refractivity contribution in [3.05, 3.63) is 59.4 Å². The van der Waals surface area contributed by atoms with Crippen LogP contribution in [0.3, 0.4) is 0 Å². The van der Waals surface area contributed by atoms with E-state index in [0.717, 1.165) is 43.0 Å². The summed E-state index contributed by atoms with van der Waals surface area (Å²) in [5.74, 6) is -1.85. The lowest BCUT2D eigenvalue weighted by molar-refractivity contribution is 0.00818. The minimum absolute atomic E-state index is 0.108. The number of pyridine rings is 1. The Hall–Kier alpha value is -3.08. The molecule has 1 aliphatic heterocycles. The average molecular weight is 470 g/mol. The van der Waals surface area contributed by atoms with Crippen LogP contribution in [0, 0.1) is 11.6 Å². The lowest BCUT2D eigenvalue weighted by Gasteiger charge is -2.30. The Morgan fingerprint density at radius 3 is 2.38 bits per heavy atom. The highest BCUT2D eigenvalue weighted by atomic mass is 32.1. The molecule has 0 unspecified atom stereocenters. The molecule has 3 heterocycles. The zero-order valence-corrected chi connectivity index (χ0v) is 17.5. The maximum Gasteiger partial charge on any atom is 0.379 e. The fourth-order valence-electron chi connectivity index (χ4n) is 3.28. The van der Waals surface area contributed by atoms with E-state index in [4.69, 9.17) is 0 Å². The Labute approximate surface area is 184 Å². The van der Waals surface area contributed by atoms with Gasteiger partial charge in [-0.3, -0.25) is 9.78 Å². The number of carbonyl (C=O) groups is 1. The first-order valence-corrected chi connectivity index (χ1v) is 10.6. The average Bonchev–Trinajstić information content (AvgIpc) is 3.24. The second kappa shape index (κ2) is 11.0. The van der Waals surface area contributed by atoms with Gasteiger partial charge in [-0.1, -0.05) is 6.07 Å². The Morgan fingerprint density at radius 1 is 1.06 bits per heavy atom. The van der Waals surface area contributed by atoms with E-state index in [1.165, 1.54) is 30.0 Å². The first-order chi connectivity index (χ1) is 15.4. The number of hydrogen-bond acceptors (Lipinski definition) is 5. The summed E-state index contributed by atoms with van der Waals surface area (Å²) in [7, 11) is 0. The zero-order chi connectivity index (χ0) is 23.1. The first-order valence-electron chi connectivity index (χ1n) is 9.69. The van der Waals surface area contributed by atoms with Crippen molar-refractivity contribution < 1.29 is 26.7 Å². The third kappa shape index (κ3) is 6.00. The number of nitrogens with one attached hydrogen (secondary N) is 1. The van der Waals surface area contributed by atoms with Crippen molar-refractivity contribution >= 4 is 28.6 Å². The van der Waals surface area contributed by atoms with Crippen LogP contribution >= 0.6 is 11.3 Å². The SMILES string of the molecule is FC(F)F.O=C(Nc1cnccc1N1CCCCC1)c1csc(-c2c(F)cccc2F)n1. The van der Waals surface area contributed by atoms with E-state index in [9.17, 15) is 26.7 Å². The number of thiazole rings is 1. The molecule has 170 valence electrons. The van der Waals surface area contributed by atoms with Crippen LogP contribution in [-0.2, 0) is 0 Å². The molecule has 32 heavy (non-hydrogen) atoms. The molecule has 11 heteroatoms. The van der Waals surface area contributed by atoms with Gasteiger partial charge in [0.05, 0.1) is 23.1 Å². The van der Waals surface area contributed by atoms with E-state index >= 15 is 0 Å². The Morgan fingerprint density at radius 2 is 1.72 bits per heavy atom. The summed E-state index contributed by atoms with van der Waals surface area (Å²) in [6.07, 6.45) is 6.73. The van der Waals surface area contributed by atoms with Crippen LogP contribution < -0.4 is 10.2 Å². The van der Waals surface area contributed by atoms with Gasteiger partial charge in [0, 0.05) is 24.7 Å². The highest BCUT2D eigenvalue weighted by Crippen LogP contribution is 2.30. The van der Waals surface area contributed by atoms with Crippen LogP contribution in [-0.4, -0.2) is 35.6 Å². The fourth-order valence-corrected chi connectivity index (χ4v) is 4.12. The van der Waals surface area contributed by atoms with Gasteiger partial charge in [-0.05, 0) is 37.5 Å². The van der Waals surface area contributed by atoms with Crippen LogP contribution in [0.1, 0.15) is 29.8 Å². The largest absolute Gasteiger partial charge is 0.379 e. The summed E-state index contributed by atoms with van der Waals surface area (Å²) in [5.41, 5.74) is 1.40. The molecular weight excluding hydrogens is 451 g/mol. The van der Waals surface area contributed by atoms with E-state index in [1.807, 2.05) is 6.07 Å². The van der Waals surface area contributed by atoms with Crippen molar-refractivity contribution in [2.75, 3.05) is 23.3 Å². The van der Waals surface area contributed by atoms with Crippen LogP contribution in [0.5, 0.6) is 0 Å². The van der Waals surface area contributed by atoms with Gasteiger partial charge in [0.15, 0.2) is 0 Å². The van der Waals surface area contributed by atoms with E-state index in [-0.39, 0.29) is 16.3 Å². The van der Waals surface area contributed by atoms with E-state index in [1.54, 1.807) is 12.4 Å². The Balaban J connectivity index is 0.000000668. The predicted molar refractivity (Wildman–Crippen MR) is 113 cm³/mol. The van der Waals surface area contributed by atoms with E-state index in [2.05, 4.69) is 20.2 Å². The fraction of sp³-hybridized carbons (Fsp3) is 0.286. The quantitative estimate of drug-likeness (QED) is 0.482. The van der Waals surface area contributed by atoms with Gasteiger partial charge in [0.1, 0.15) is 22.3 Å². The predicted octanol–water partition coefficient (Wildman–Crippen LogP) is 5.90. The topological polar surface area (TPSA) is 58.1 Å². The first kappa shape index (κ1) is 23.6. The molecule has 1 aliphatic rings. The number of amides is 1. The molecule has 0 saturated carbocycles. The number of nitrogens with zero attached hydrogens (tertiary/aromatic N) is 3. The summed E-state index contributed by atoms with van der Waals surface area (Å²) >= 11 is 1.02. The van der Waals surface area contributed by atoms with Gasteiger partial charge in [0.2, 0.25) is 0 Å². The number of benzene rings is 1. The second-order valence-electron chi connectivity index (χ2n) is 6.78. The number of rotatable bonds is 4. The lowest BCUT2D eigenvalue weighted by Crippen LogP contribution is -2.30. The van der Waals surface area contributed by atoms with Gasteiger partial charge in [-0.2, -0.15) is 13.2 Å². The lowest BCUT2D eigenvalue weighted by atomic mass is 10.1. The summed E-state index contributed by atoms with van der Waals surface area (Å²) in [6, 6.07) is 5.50. The number of hydrogen-bond donors (Lipinski definition) is 1. The van der Waals surface area contributed by atoms with E-state index < -0.39 is 24.2 Å². The van der Waals surface area contributed by atoms with Crippen molar-refractivity contribution in [3.63, 3.8) is 0 Å². The molecule has 0 radical (unpaired) electrons. The molecule has 4 rings (SSSR count). The van der Waals surface area contributed by atoms with Crippen molar-refractivity contribution in [3.8, 4) is 10.6 Å². The molecule has 1 aromatic carbocycles. The number of anilines is 2. The molecule has 2 aromatic heterocycles. The van der Waals surface area contributed by atoms with Crippen LogP contribution in [0.2, 0.25) is 0 Å². The standard InChI is InChI=1S/C20H18F2N4OS.CHF3/c21-13-5-4-6-14(22)18(13)20-25-16(12-28-20)19(27)24-15-11-23-8-7-17(15)26-9-2-1-3-10-26;2-1(3)4/h4-8,11-12H,1-3,9-10H2,(H,24,27);1H. The van der Waals surface area contributed by atoms with Gasteiger partial charge in [-0.25, -0.2) is 13.8 Å². The van der Waals surface area contributed by atoms with Crippen molar-refractivity contribution in [2.45, 2.75) is 25.9 Å². The molecule has 1 saturated heterocycles. The zero-order valence-electron chi connectivity index (χ0n) is 16.7. The molecule has 0 spiro atoms. The van der Waals surface area contributed by atoms with Gasteiger partial charge in [-0.15, -0.1) is 11.3 Å². The highest BCUT2D eigenvalue weighted by Gasteiger charge is 2.20. The van der Waals surface area contributed by atoms with E-state index in [0.29, 0.717) is 5.69 Å². The molecule has 0 aliphatic carbocycles. The van der Waals surface area contributed by atoms with Crippen LogP contribution in [0.4, 0.5) is 33.3 Å². The smallest absolute Gasteiger partial charge is 0.370 e. The maximum atomic E-state index is 14.0. The monoisotopic (exact) mass is 470 g/mol. The summed E-state index contributed by atoms with van der Waals surface area (Å²) in [5, 5.41) is 4.45. The molecule has 1 fully saturated rings. The number of piperidine rings is 1. The molecule has 0 bridgehead atoms. The summed E-state index contributed by atoms with van der Waals surface area (Å²) in [4.78, 5) is 23.1. The molecule has 1 N–H and O–H groups in total. The normalized spacial score (nSPS) is 13.5. The third-order valence-electron chi connectivity index (χ3n) is 4.66. The minimum Gasteiger partial charge on any atom is -0.370 e. The molecule has 3 aromatic rings. The second-order valence-corrected chi connectivity index (χ2v) is 7.63. The molecule has 1 amide bonds. The molecule has 5 nitrogen and oxygen atoms in total. The Kier molecular flexibility index (Phi) is 8.09. The van der Waals surface area contributed by atoms with Crippen LogP contribution in [0.15, 0.2) is 42.0 Å². The van der Waals surface area contributed by atoms with Gasteiger partial charge >= 0.3 is 6.68 Å². The molecular formula is C21H19F5N4OS. The number of alkyl halides is 3. The Bertz CT molecular complexity index is 1030. The van der Waals surface area contributed by atoms with Crippen LogP contribution in [0.25, 0.3) is 10.6 Å². The number of aromatic nitrogens is 2. The van der Waals surface area contributed by atoms with Gasteiger partial charge < -0.3 is 10.2 Å². The van der Waals surface area contributed by atoms with Crippen molar-refractivity contribution in [1.82, 2.24) is 9.97 Å². The van der Waals surface area contributed by atoms with Crippen molar-refractivity contribution in [2.24, 2.45) is 0 Å². The third-order valence-corrected chi connectivity index (χ3v) is 5.52. The maximum absolute atomic E-state index is 14.0. The summed E-state index contributed by atoms with van der Waals surface area (Å²) < 4.78 is 56.9. The molecule has 0 atom stereocenters. The summed E-state index contributed by atoms with van der Waals surface area (Å²) in [6.45, 7) is -1.80. The number of halogens is 5.